The Hall–Kier alpha value is -1.66. The summed E-state index contributed by atoms with van der Waals surface area (Å²) in [6, 6.07) is -1.01. The molecule has 122 valence electrons. The number of amides is 1. The Kier molecular flexibility index (Phi) is 5.74. The molecule has 5 atom stereocenters. The first-order valence-electron chi connectivity index (χ1n) is 7.68. The Morgan fingerprint density at radius 1 is 1.45 bits per heavy atom. The van der Waals surface area contributed by atoms with Crippen molar-refractivity contribution < 1.29 is 19.4 Å². The summed E-state index contributed by atoms with van der Waals surface area (Å²) < 4.78 is 5.76. The van der Waals surface area contributed by atoms with Crippen molar-refractivity contribution in [3.63, 3.8) is 0 Å². The highest BCUT2D eigenvalue weighted by molar-refractivity contribution is 5.75. The van der Waals surface area contributed by atoms with E-state index in [2.05, 4.69) is 10.6 Å². The molecule has 0 bridgehead atoms. The van der Waals surface area contributed by atoms with Crippen LogP contribution in [-0.2, 0) is 14.3 Å². The van der Waals surface area contributed by atoms with Crippen molar-refractivity contribution in [1.82, 2.24) is 10.6 Å². The van der Waals surface area contributed by atoms with Crippen LogP contribution in [-0.4, -0.2) is 47.8 Å². The van der Waals surface area contributed by atoms with Crippen LogP contribution in [0.4, 0.5) is 0 Å². The van der Waals surface area contributed by atoms with E-state index in [-0.39, 0.29) is 30.0 Å². The Bertz CT molecular complexity index is 475. The smallest absolute Gasteiger partial charge is 0.320 e. The molecule has 1 fully saturated rings. The summed E-state index contributed by atoms with van der Waals surface area (Å²) in [6.07, 6.45) is 9.01. The standard InChI is InChI=1S/C16H24N2O4/c1-3-6-11-9-12(16(20)21)18-14(11)15(17-10(2)19)13-7-4-5-8-22-13/h3-6,11-15,18H,7-9H2,1-2H3,(H,17,19)(H,20,21)/b6-3-/t11-,12-,13-,14-,15+/m1/s1. The molecule has 0 unspecified atom stereocenters. The SMILES string of the molecule is C/C=C\[C@@H]1C[C@H](C(=O)O)N[C@H]1[C@@H](NC(C)=O)[C@H]1CC=CCO1. The molecule has 0 aromatic heterocycles. The van der Waals surface area contributed by atoms with Crippen LogP contribution in [0, 0.1) is 5.92 Å². The van der Waals surface area contributed by atoms with E-state index in [1.807, 2.05) is 31.2 Å². The molecule has 0 saturated carbocycles. The summed E-state index contributed by atoms with van der Waals surface area (Å²) in [7, 11) is 0. The second-order valence-electron chi connectivity index (χ2n) is 5.81. The zero-order valence-electron chi connectivity index (χ0n) is 13.0. The van der Waals surface area contributed by atoms with Crippen LogP contribution in [0.1, 0.15) is 26.7 Å². The number of carbonyl (C=O) groups excluding carboxylic acids is 1. The third kappa shape index (κ3) is 3.96. The number of aliphatic carboxylic acids is 1. The molecule has 2 aliphatic heterocycles. The first kappa shape index (κ1) is 16.7. The van der Waals surface area contributed by atoms with Crippen molar-refractivity contribution in [3.05, 3.63) is 24.3 Å². The fraction of sp³-hybridized carbons (Fsp3) is 0.625. The van der Waals surface area contributed by atoms with Crippen molar-refractivity contribution in [1.29, 1.82) is 0 Å². The van der Waals surface area contributed by atoms with Crippen LogP contribution in [0.25, 0.3) is 0 Å². The first-order valence-corrected chi connectivity index (χ1v) is 7.68. The first-order chi connectivity index (χ1) is 10.5. The molecular weight excluding hydrogens is 284 g/mol. The zero-order chi connectivity index (χ0) is 16.1. The van der Waals surface area contributed by atoms with Gasteiger partial charge in [-0.05, 0) is 25.7 Å². The highest BCUT2D eigenvalue weighted by atomic mass is 16.5. The van der Waals surface area contributed by atoms with Gasteiger partial charge in [0.1, 0.15) is 6.04 Å². The molecule has 6 nitrogen and oxygen atoms in total. The minimum atomic E-state index is -0.858. The van der Waals surface area contributed by atoms with E-state index in [1.54, 1.807) is 0 Å². The average molecular weight is 308 g/mol. The normalized spacial score (nSPS) is 33.0. The topological polar surface area (TPSA) is 87.7 Å². The third-order valence-electron chi connectivity index (χ3n) is 4.20. The van der Waals surface area contributed by atoms with Crippen molar-refractivity contribution in [2.45, 2.75) is 50.9 Å². The maximum atomic E-state index is 11.6. The van der Waals surface area contributed by atoms with Crippen LogP contribution in [0.15, 0.2) is 24.3 Å². The maximum absolute atomic E-state index is 11.6. The predicted octanol–water partition coefficient (Wildman–Crippen LogP) is 0.844. The van der Waals surface area contributed by atoms with Gasteiger partial charge in [0.2, 0.25) is 5.91 Å². The molecule has 22 heavy (non-hydrogen) atoms. The molecule has 0 aromatic rings. The lowest BCUT2D eigenvalue weighted by atomic mass is 9.88. The van der Waals surface area contributed by atoms with Gasteiger partial charge in [0, 0.05) is 13.0 Å². The van der Waals surface area contributed by atoms with Crippen LogP contribution >= 0.6 is 0 Å². The number of hydrogen-bond acceptors (Lipinski definition) is 4. The van der Waals surface area contributed by atoms with Gasteiger partial charge in [-0.2, -0.15) is 0 Å². The van der Waals surface area contributed by atoms with Crippen LogP contribution < -0.4 is 10.6 Å². The van der Waals surface area contributed by atoms with E-state index in [4.69, 9.17) is 4.74 Å². The van der Waals surface area contributed by atoms with E-state index >= 15 is 0 Å². The van der Waals surface area contributed by atoms with Gasteiger partial charge < -0.3 is 15.2 Å². The van der Waals surface area contributed by atoms with E-state index in [0.717, 1.165) is 0 Å². The lowest BCUT2D eigenvalue weighted by molar-refractivity contribution is -0.139. The highest BCUT2D eigenvalue weighted by Gasteiger charge is 2.43. The summed E-state index contributed by atoms with van der Waals surface area (Å²) >= 11 is 0. The minimum absolute atomic E-state index is 0.0532. The molecule has 0 radical (unpaired) electrons. The number of nitrogens with one attached hydrogen (secondary N) is 2. The van der Waals surface area contributed by atoms with Crippen molar-refractivity contribution in [3.8, 4) is 0 Å². The lowest BCUT2D eigenvalue weighted by Crippen LogP contribution is -2.57. The summed E-state index contributed by atoms with van der Waals surface area (Å²) in [5.74, 6) is -0.941. The van der Waals surface area contributed by atoms with Crippen molar-refractivity contribution in [2.24, 2.45) is 5.92 Å². The van der Waals surface area contributed by atoms with Gasteiger partial charge in [-0.25, -0.2) is 0 Å². The number of ether oxygens (including phenoxy) is 1. The predicted molar refractivity (Wildman–Crippen MR) is 82.4 cm³/mol. The number of hydrogen-bond donors (Lipinski definition) is 3. The van der Waals surface area contributed by atoms with Crippen LogP contribution in [0.5, 0.6) is 0 Å². The molecule has 2 heterocycles. The second kappa shape index (κ2) is 7.56. The Labute approximate surface area is 130 Å². The van der Waals surface area contributed by atoms with Gasteiger partial charge in [0.15, 0.2) is 0 Å². The molecule has 3 N–H and O–H groups in total. The summed E-state index contributed by atoms with van der Waals surface area (Å²) in [5.41, 5.74) is 0. The molecule has 2 aliphatic rings. The average Bonchev–Trinajstić information content (AvgIpc) is 2.90. The van der Waals surface area contributed by atoms with Crippen LogP contribution in [0.2, 0.25) is 0 Å². The number of carboxylic acids is 1. The zero-order valence-corrected chi connectivity index (χ0v) is 13.0. The van der Waals surface area contributed by atoms with Gasteiger partial charge in [-0.3, -0.25) is 14.9 Å². The molecular formula is C16H24N2O4. The molecule has 1 saturated heterocycles. The summed E-state index contributed by atoms with van der Waals surface area (Å²) in [6.45, 7) is 3.91. The van der Waals surface area contributed by atoms with Gasteiger partial charge in [-0.1, -0.05) is 24.3 Å². The van der Waals surface area contributed by atoms with Gasteiger partial charge in [-0.15, -0.1) is 0 Å². The summed E-state index contributed by atoms with van der Waals surface area (Å²) in [4.78, 5) is 22.9. The quantitative estimate of drug-likeness (QED) is 0.655. The third-order valence-corrected chi connectivity index (χ3v) is 4.20. The van der Waals surface area contributed by atoms with Crippen molar-refractivity contribution in [2.75, 3.05) is 6.61 Å². The summed E-state index contributed by atoms with van der Waals surface area (Å²) in [5, 5.41) is 15.4. The lowest BCUT2D eigenvalue weighted by Gasteiger charge is -2.35. The number of rotatable bonds is 5. The van der Waals surface area contributed by atoms with Gasteiger partial charge in [0.25, 0.3) is 0 Å². The van der Waals surface area contributed by atoms with Crippen molar-refractivity contribution >= 4 is 11.9 Å². The molecule has 0 aliphatic carbocycles. The van der Waals surface area contributed by atoms with Gasteiger partial charge in [0.05, 0.1) is 18.8 Å². The van der Waals surface area contributed by atoms with E-state index in [9.17, 15) is 14.7 Å². The Balaban J connectivity index is 2.21. The van der Waals surface area contributed by atoms with E-state index in [0.29, 0.717) is 19.4 Å². The Morgan fingerprint density at radius 3 is 2.77 bits per heavy atom. The molecule has 0 spiro atoms. The molecule has 0 aromatic carbocycles. The fourth-order valence-electron chi connectivity index (χ4n) is 3.27. The fourth-order valence-corrected chi connectivity index (χ4v) is 3.27. The number of carbonyl (C=O) groups is 2. The number of carboxylic acid groups (broad SMARTS) is 1. The number of allylic oxidation sites excluding steroid dienone is 1. The van der Waals surface area contributed by atoms with Crippen LogP contribution in [0.3, 0.4) is 0 Å². The van der Waals surface area contributed by atoms with Gasteiger partial charge >= 0.3 is 5.97 Å². The van der Waals surface area contributed by atoms with E-state index in [1.165, 1.54) is 6.92 Å². The highest BCUT2D eigenvalue weighted by Crippen LogP contribution is 2.28. The Morgan fingerprint density at radius 2 is 2.23 bits per heavy atom. The van der Waals surface area contributed by atoms with E-state index < -0.39 is 12.0 Å². The second-order valence-corrected chi connectivity index (χ2v) is 5.81. The molecule has 1 amide bonds. The molecule has 6 heteroatoms. The molecule has 2 rings (SSSR count). The monoisotopic (exact) mass is 308 g/mol. The maximum Gasteiger partial charge on any atom is 0.320 e. The largest absolute Gasteiger partial charge is 0.480 e. The minimum Gasteiger partial charge on any atom is -0.480 e.